The maximum absolute atomic E-state index is 12.3. The van der Waals surface area contributed by atoms with Crippen LogP contribution in [0.4, 0.5) is 0 Å². The molecule has 0 spiro atoms. The minimum absolute atomic E-state index is 0.0382. The Labute approximate surface area is 150 Å². The van der Waals surface area contributed by atoms with Gasteiger partial charge in [-0.2, -0.15) is 0 Å². The van der Waals surface area contributed by atoms with Gasteiger partial charge >= 0.3 is 0 Å². The fourth-order valence-corrected chi connectivity index (χ4v) is 3.30. The number of para-hydroxylation sites is 1. The maximum atomic E-state index is 12.3. The van der Waals surface area contributed by atoms with E-state index in [1.165, 1.54) is 0 Å². The Kier molecular flexibility index (Phi) is 3.80. The van der Waals surface area contributed by atoms with Gasteiger partial charge in [-0.1, -0.05) is 42.5 Å². The highest BCUT2D eigenvalue weighted by Crippen LogP contribution is 2.31. The topological polar surface area (TPSA) is 93.1 Å². The van der Waals surface area contributed by atoms with Crippen LogP contribution in [0.15, 0.2) is 65.2 Å². The zero-order valence-electron chi connectivity index (χ0n) is 14.2. The quantitative estimate of drug-likeness (QED) is 0.679. The molecule has 0 unspecified atom stereocenters. The van der Waals surface area contributed by atoms with Crippen LogP contribution < -0.4 is 5.56 Å². The van der Waals surface area contributed by atoms with Gasteiger partial charge in [0.2, 0.25) is 0 Å². The molecule has 0 fully saturated rings. The molecule has 0 amide bonds. The zero-order chi connectivity index (χ0) is 18.3. The van der Waals surface area contributed by atoms with Gasteiger partial charge in [-0.15, -0.1) is 0 Å². The van der Waals surface area contributed by atoms with E-state index < -0.39 is 0 Å². The van der Waals surface area contributed by atoms with Gasteiger partial charge < -0.3 is 15.0 Å². The highest BCUT2D eigenvalue weighted by atomic mass is 16.3. The van der Waals surface area contributed by atoms with Crippen molar-refractivity contribution >= 4 is 22.3 Å². The number of benzene rings is 2. The predicted molar refractivity (Wildman–Crippen MR) is 101 cm³/mol. The van der Waals surface area contributed by atoms with Gasteiger partial charge in [-0.3, -0.25) is 10.2 Å². The Bertz CT molecular complexity index is 1090. The molecule has 6 heteroatoms. The van der Waals surface area contributed by atoms with E-state index in [1.807, 2.05) is 37.3 Å². The van der Waals surface area contributed by atoms with Crippen LogP contribution >= 0.6 is 0 Å². The van der Waals surface area contributed by atoms with Gasteiger partial charge in [0.05, 0.1) is 29.1 Å². The first-order valence-electron chi connectivity index (χ1n) is 8.38. The van der Waals surface area contributed by atoms with E-state index >= 15 is 0 Å². The van der Waals surface area contributed by atoms with Crippen LogP contribution in [0, 0.1) is 5.41 Å². The number of aromatic amines is 1. The lowest BCUT2D eigenvalue weighted by Crippen LogP contribution is -2.30. The molecule has 4 rings (SSSR count). The standard InChI is InChI=1S/C20H18N4O2/c1-12(13-7-3-2-4-8-13)24-11-16(25)17(18(24)21)19-22-15-10-6-5-9-14(15)20(26)23-19/h2-10,12,21,25H,11H2,1H3,(H,22,23,26)/t12-/m0/s1. The summed E-state index contributed by atoms with van der Waals surface area (Å²) in [5.74, 6) is 0.410. The van der Waals surface area contributed by atoms with Crippen LogP contribution in [0.2, 0.25) is 0 Å². The Morgan fingerprint density at radius 1 is 1.15 bits per heavy atom. The maximum Gasteiger partial charge on any atom is 0.259 e. The van der Waals surface area contributed by atoms with Crippen molar-refractivity contribution in [2.75, 3.05) is 6.54 Å². The second-order valence-electron chi connectivity index (χ2n) is 6.32. The second kappa shape index (κ2) is 6.15. The third kappa shape index (κ3) is 2.56. The van der Waals surface area contributed by atoms with Crippen LogP contribution in [0.3, 0.4) is 0 Å². The molecule has 26 heavy (non-hydrogen) atoms. The Hall–Kier alpha value is -3.41. The first-order valence-corrected chi connectivity index (χ1v) is 8.38. The lowest BCUT2D eigenvalue weighted by molar-refractivity contribution is 0.310. The number of nitrogens with zero attached hydrogens (tertiary/aromatic N) is 2. The lowest BCUT2D eigenvalue weighted by Gasteiger charge is -2.26. The Morgan fingerprint density at radius 2 is 1.85 bits per heavy atom. The molecule has 130 valence electrons. The minimum atomic E-state index is -0.284. The fourth-order valence-electron chi connectivity index (χ4n) is 3.30. The molecule has 0 aliphatic carbocycles. The minimum Gasteiger partial charge on any atom is -0.510 e. The number of rotatable bonds is 3. The van der Waals surface area contributed by atoms with E-state index in [9.17, 15) is 9.90 Å². The molecule has 1 aliphatic rings. The number of aromatic nitrogens is 2. The summed E-state index contributed by atoms with van der Waals surface area (Å²) in [5.41, 5.74) is 1.57. The van der Waals surface area contributed by atoms with Gasteiger partial charge in [0, 0.05) is 0 Å². The number of amidine groups is 1. The van der Waals surface area contributed by atoms with E-state index in [0.29, 0.717) is 10.9 Å². The summed E-state index contributed by atoms with van der Waals surface area (Å²) < 4.78 is 0. The van der Waals surface area contributed by atoms with Crippen molar-refractivity contribution in [1.29, 1.82) is 5.41 Å². The summed E-state index contributed by atoms with van der Waals surface area (Å²) in [6.45, 7) is 2.19. The van der Waals surface area contributed by atoms with Crippen LogP contribution in [-0.2, 0) is 0 Å². The first-order chi connectivity index (χ1) is 12.6. The highest BCUT2D eigenvalue weighted by molar-refractivity contribution is 6.22. The van der Waals surface area contributed by atoms with Crippen molar-refractivity contribution in [1.82, 2.24) is 14.9 Å². The molecule has 3 aromatic rings. The third-order valence-electron chi connectivity index (χ3n) is 4.73. The van der Waals surface area contributed by atoms with Gasteiger partial charge in [0.25, 0.3) is 5.56 Å². The monoisotopic (exact) mass is 346 g/mol. The van der Waals surface area contributed by atoms with E-state index in [-0.39, 0.29) is 41.1 Å². The smallest absolute Gasteiger partial charge is 0.259 e. The summed E-state index contributed by atoms with van der Waals surface area (Å²) >= 11 is 0. The number of hydrogen-bond acceptors (Lipinski definition) is 4. The lowest BCUT2D eigenvalue weighted by atomic mass is 10.1. The molecule has 6 nitrogen and oxygen atoms in total. The van der Waals surface area contributed by atoms with Crippen molar-refractivity contribution in [2.45, 2.75) is 13.0 Å². The Morgan fingerprint density at radius 3 is 2.62 bits per heavy atom. The van der Waals surface area contributed by atoms with Crippen LogP contribution in [0.25, 0.3) is 16.5 Å². The summed E-state index contributed by atoms with van der Waals surface area (Å²) in [6, 6.07) is 16.7. The van der Waals surface area contributed by atoms with E-state index in [1.54, 1.807) is 29.2 Å². The molecule has 2 heterocycles. The van der Waals surface area contributed by atoms with Gasteiger partial charge in [0.15, 0.2) is 0 Å². The average molecular weight is 346 g/mol. The number of hydrogen-bond donors (Lipinski definition) is 3. The highest BCUT2D eigenvalue weighted by Gasteiger charge is 2.33. The number of aliphatic hydroxyl groups excluding tert-OH is 1. The first kappa shape index (κ1) is 16.1. The van der Waals surface area contributed by atoms with E-state index in [4.69, 9.17) is 5.41 Å². The summed E-state index contributed by atoms with van der Waals surface area (Å²) in [7, 11) is 0. The van der Waals surface area contributed by atoms with Crippen LogP contribution in [-0.4, -0.2) is 32.4 Å². The SMILES string of the molecule is C[C@@H](c1ccccc1)N1CC(O)=C(c2nc3ccccc3c(=O)[nH]2)C1=N. The Balaban J connectivity index is 1.73. The number of fused-ring (bicyclic) bond motifs is 1. The molecule has 1 atom stereocenters. The van der Waals surface area contributed by atoms with Crippen molar-refractivity contribution in [3.63, 3.8) is 0 Å². The second-order valence-corrected chi connectivity index (χ2v) is 6.32. The van der Waals surface area contributed by atoms with Gasteiger partial charge in [0.1, 0.15) is 17.4 Å². The van der Waals surface area contributed by atoms with Crippen LogP contribution in [0.5, 0.6) is 0 Å². The number of aliphatic hydroxyl groups is 1. The zero-order valence-corrected chi connectivity index (χ0v) is 14.2. The molecule has 1 aromatic heterocycles. The predicted octanol–water partition coefficient (Wildman–Crippen LogP) is 3.25. The average Bonchev–Trinajstić information content (AvgIpc) is 2.96. The third-order valence-corrected chi connectivity index (χ3v) is 4.73. The van der Waals surface area contributed by atoms with Crippen molar-refractivity contribution in [2.24, 2.45) is 0 Å². The molecular formula is C20H18N4O2. The number of nitrogens with one attached hydrogen (secondary N) is 2. The van der Waals surface area contributed by atoms with E-state index in [2.05, 4.69) is 9.97 Å². The van der Waals surface area contributed by atoms with E-state index in [0.717, 1.165) is 5.56 Å². The summed E-state index contributed by atoms with van der Waals surface area (Å²) in [6.07, 6.45) is 0. The fraction of sp³-hybridized carbons (Fsp3) is 0.150. The molecule has 2 aromatic carbocycles. The van der Waals surface area contributed by atoms with Crippen molar-refractivity contribution in [3.05, 3.63) is 82.1 Å². The summed E-state index contributed by atoms with van der Waals surface area (Å²) in [4.78, 5) is 21.3. The molecule has 0 saturated heterocycles. The van der Waals surface area contributed by atoms with Crippen LogP contribution in [0.1, 0.15) is 24.4 Å². The largest absolute Gasteiger partial charge is 0.510 e. The number of H-pyrrole nitrogens is 1. The molecule has 0 saturated carbocycles. The molecular weight excluding hydrogens is 328 g/mol. The van der Waals surface area contributed by atoms with Crippen molar-refractivity contribution in [3.8, 4) is 0 Å². The molecule has 0 bridgehead atoms. The van der Waals surface area contributed by atoms with Gasteiger partial charge in [-0.25, -0.2) is 4.98 Å². The molecule has 3 N–H and O–H groups in total. The molecule has 0 radical (unpaired) electrons. The molecule has 1 aliphatic heterocycles. The summed E-state index contributed by atoms with van der Waals surface area (Å²) in [5, 5.41) is 19.5. The van der Waals surface area contributed by atoms with Crippen molar-refractivity contribution < 1.29 is 5.11 Å². The van der Waals surface area contributed by atoms with Gasteiger partial charge in [-0.05, 0) is 24.6 Å². The normalized spacial score (nSPS) is 15.7.